The number of nitrogens with one attached hydrogen (secondary N) is 1. The highest BCUT2D eigenvalue weighted by atomic mass is 16.4. The molecule has 2 N–H and O–H groups in total. The van der Waals surface area contributed by atoms with E-state index in [0.29, 0.717) is 17.6 Å². The minimum atomic E-state index is -1.01. The van der Waals surface area contributed by atoms with Crippen molar-refractivity contribution in [1.29, 1.82) is 0 Å². The Labute approximate surface area is 113 Å². The summed E-state index contributed by atoms with van der Waals surface area (Å²) in [5.74, 6) is 0.898. The maximum Gasteiger partial charge on any atom is 0.354 e. The average Bonchev–Trinajstić information content (AvgIpc) is 2.37. The van der Waals surface area contributed by atoms with Gasteiger partial charge in [0.15, 0.2) is 5.69 Å². The molecule has 2 rings (SSSR count). The largest absolute Gasteiger partial charge is 0.477 e. The van der Waals surface area contributed by atoms with Gasteiger partial charge in [-0.1, -0.05) is 19.8 Å². The highest BCUT2D eigenvalue weighted by molar-refractivity contribution is 5.85. The molecule has 1 saturated carbocycles. The van der Waals surface area contributed by atoms with E-state index in [1.54, 1.807) is 6.92 Å². The summed E-state index contributed by atoms with van der Waals surface area (Å²) >= 11 is 0. The summed E-state index contributed by atoms with van der Waals surface area (Å²) in [4.78, 5) is 19.2. The van der Waals surface area contributed by atoms with Crippen LogP contribution in [0.15, 0.2) is 6.07 Å². The van der Waals surface area contributed by atoms with Crippen molar-refractivity contribution in [3.05, 3.63) is 17.5 Å². The summed E-state index contributed by atoms with van der Waals surface area (Å²) in [7, 11) is 0. The number of rotatable bonds is 4. The van der Waals surface area contributed by atoms with Crippen molar-refractivity contribution in [3.8, 4) is 0 Å². The van der Waals surface area contributed by atoms with E-state index in [0.717, 1.165) is 12.5 Å². The van der Waals surface area contributed by atoms with Crippen LogP contribution in [-0.2, 0) is 0 Å². The van der Waals surface area contributed by atoms with Crippen LogP contribution in [0.25, 0.3) is 0 Å². The molecular formula is C14H21N3O2. The van der Waals surface area contributed by atoms with Crippen LogP contribution in [0, 0.1) is 18.8 Å². The molecule has 0 unspecified atom stereocenters. The number of aryl methyl sites for hydroxylation is 1. The van der Waals surface area contributed by atoms with E-state index in [4.69, 9.17) is 5.11 Å². The summed E-state index contributed by atoms with van der Waals surface area (Å²) in [6.45, 7) is 4.91. The Bertz CT molecular complexity index is 454. The molecule has 0 radical (unpaired) electrons. The van der Waals surface area contributed by atoms with Crippen LogP contribution in [0.2, 0.25) is 0 Å². The molecule has 0 bridgehead atoms. The van der Waals surface area contributed by atoms with Gasteiger partial charge in [-0.3, -0.25) is 0 Å². The molecule has 1 fully saturated rings. The second-order valence-electron chi connectivity index (χ2n) is 5.53. The van der Waals surface area contributed by atoms with Crippen LogP contribution in [0.5, 0.6) is 0 Å². The first-order valence-corrected chi connectivity index (χ1v) is 6.87. The smallest absolute Gasteiger partial charge is 0.354 e. The average molecular weight is 263 g/mol. The SMILES string of the molecule is Cc1cc(C(=O)O)nc(NCC2CCC(C)CC2)n1. The fraction of sp³-hybridized carbons (Fsp3) is 0.643. The molecule has 104 valence electrons. The van der Waals surface area contributed by atoms with Crippen molar-refractivity contribution in [3.63, 3.8) is 0 Å². The van der Waals surface area contributed by atoms with E-state index >= 15 is 0 Å². The van der Waals surface area contributed by atoms with Crippen LogP contribution in [0.1, 0.15) is 48.8 Å². The van der Waals surface area contributed by atoms with Gasteiger partial charge in [0, 0.05) is 12.2 Å². The third kappa shape index (κ3) is 3.91. The van der Waals surface area contributed by atoms with E-state index < -0.39 is 5.97 Å². The van der Waals surface area contributed by atoms with Gasteiger partial charge < -0.3 is 10.4 Å². The van der Waals surface area contributed by atoms with Crippen LogP contribution in [0.4, 0.5) is 5.95 Å². The second-order valence-corrected chi connectivity index (χ2v) is 5.53. The van der Waals surface area contributed by atoms with Gasteiger partial charge in [0.1, 0.15) is 0 Å². The molecule has 19 heavy (non-hydrogen) atoms. The number of anilines is 1. The number of carbonyl (C=O) groups is 1. The van der Waals surface area contributed by atoms with Gasteiger partial charge in [0.05, 0.1) is 0 Å². The quantitative estimate of drug-likeness (QED) is 0.873. The molecule has 5 heteroatoms. The number of aromatic nitrogens is 2. The van der Waals surface area contributed by atoms with E-state index in [1.807, 2.05) is 0 Å². The minimum Gasteiger partial charge on any atom is -0.477 e. The number of hydrogen-bond acceptors (Lipinski definition) is 4. The lowest BCUT2D eigenvalue weighted by atomic mass is 9.83. The molecule has 1 aromatic heterocycles. The topological polar surface area (TPSA) is 75.1 Å². The molecule has 1 aromatic rings. The van der Waals surface area contributed by atoms with Crippen LogP contribution < -0.4 is 5.32 Å². The highest BCUT2D eigenvalue weighted by Gasteiger charge is 2.18. The minimum absolute atomic E-state index is 0.0484. The van der Waals surface area contributed by atoms with Gasteiger partial charge in [-0.15, -0.1) is 0 Å². The molecule has 0 atom stereocenters. The third-order valence-corrected chi connectivity index (χ3v) is 3.76. The monoisotopic (exact) mass is 263 g/mol. The second kappa shape index (κ2) is 5.99. The van der Waals surface area contributed by atoms with Crippen molar-refractivity contribution in [2.24, 2.45) is 11.8 Å². The maximum absolute atomic E-state index is 10.9. The molecule has 1 aliphatic rings. The Morgan fingerprint density at radius 3 is 2.68 bits per heavy atom. The molecular weight excluding hydrogens is 242 g/mol. The number of carboxylic acids is 1. The molecule has 0 amide bonds. The third-order valence-electron chi connectivity index (χ3n) is 3.76. The van der Waals surface area contributed by atoms with E-state index in [9.17, 15) is 4.79 Å². The standard InChI is InChI=1S/C14H21N3O2/c1-9-3-5-11(6-4-9)8-15-14-16-10(2)7-12(17-14)13(18)19/h7,9,11H,3-6,8H2,1-2H3,(H,18,19)(H,15,16,17). The van der Waals surface area contributed by atoms with Crippen LogP contribution >= 0.6 is 0 Å². The first-order valence-electron chi connectivity index (χ1n) is 6.87. The predicted octanol–water partition coefficient (Wildman–Crippen LogP) is 2.72. The lowest BCUT2D eigenvalue weighted by Gasteiger charge is -2.26. The Morgan fingerprint density at radius 1 is 1.37 bits per heavy atom. The molecule has 5 nitrogen and oxygen atoms in total. The van der Waals surface area contributed by atoms with Gasteiger partial charge >= 0.3 is 5.97 Å². The van der Waals surface area contributed by atoms with Crippen LogP contribution in [0.3, 0.4) is 0 Å². The van der Waals surface area contributed by atoms with Gasteiger partial charge in [-0.05, 0) is 37.7 Å². The van der Waals surface area contributed by atoms with Crippen molar-refractivity contribution in [2.45, 2.75) is 39.5 Å². The fourth-order valence-electron chi connectivity index (χ4n) is 2.53. The molecule has 0 spiro atoms. The van der Waals surface area contributed by atoms with Gasteiger partial charge in [-0.2, -0.15) is 0 Å². The normalized spacial score (nSPS) is 23.1. The lowest BCUT2D eigenvalue weighted by molar-refractivity contribution is 0.0690. The predicted molar refractivity (Wildman–Crippen MR) is 73.3 cm³/mol. The highest BCUT2D eigenvalue weighted by Crippen LogP contribution is 2.28. The first-order chi connectivity index (χ1) is 9.04. The summed E-state index contributed by atoms with van der Waals surface area (Å²) in [6, 6.07) is 1.48. The molecule has 1 aliphatic carbocycles. The number of hydrogen-bond donors (Lipinski definition) is 2. The van der Waals surface area contributed by atoms with Gasteiger partial charge in [-0.25, -0.2) is 14.8 Å². The maximum atomic E-state index is 10.9. The Balaban J connectivity index is 1.94. The summed E-state index contributed by atoms with van der Waals surface area (Å²) in [6.07, 6.45) is 5.01. The zero-order chi connectivity index (χ0) is 13.8. The zero-order valence-electron chi connectivity index (χ0n) is 11.5. The molecule has 0 aromatic carbocycles. The summed E-state index contributed by atoms with van der Waals surface area (Å²) < 4.78 is 0. The summed E-state index contributed by atoms with van der Waals surface area (Å²) in [5.41, 5.74) is 0.722. The van der Waals surface area contributed by atoms with E-state index in [1.165, 1.54) is 31.7 Å². The molecule has 0 aliphatic heterocycles. The zero-order valence-corrected chi connectivity index (χ0v) is 11.5. The summed E-state index contributed by atoms with van der Waals surface area (Å²) in [5, 5.41) is 12.1. The fourth-order valence-corrected chi connectivity index (χ4v) is 2.53. The van der Waals surface area contributed by atoms with Gasteiger partial charge in [0.2, 0.25) is 5.95 Å². The Morgan fingerprint density at radius 2 is 2.05 bits per heavy atom. The van der Waals surface area contributed by atoms with Crippen molar-refractivity contribution < 1.29 is 9.90 Å². The Hall–Kier alpha value is -1.65. The number of aromatic carboxylic acids is 1. The van der Waals surface area contributed by atoms with Gasteiger partial charge in [0.25, 0.3) is 0 Å². The molecule has 0 saturated heterocycles. The Kier molecular flexibility index (Phi) is 4.35. The number of carboxylic acid groups (broad SMARTS) is 1. The lowest BCUT2D eigenvalue weighted by Crippen LogP contribution is -2.21. The molecule has 1 heterocycles. The first kappa shape index (κ1) is 13.8. The van der Waals surface area contributed by atoms with Crippen LogP contribution in [-0.4, -0.2) is 27.6 Å². The number of nitrogens with zero attached hydrogens (tertiary/aromatic N) is 2. The van der Waals surface area contributed by atoms with Crippen molar-refractivity contribution in [1.82, 2.24) is 9.97 Å². The van der Waals surface area contributed by atoms with E-state index in [2.05, 4.69) is 22.2 Å². The van der Waals surface area contributed by atoms with Crippen molar-refractivity contribution in [2.75, 3.05) is 11.9 Å². The van der Waals surface area contributed by atoms with E-state index in [-0.39, 0.29) is 5.69 Å². The van der Waals surface area contributed by atoms with Crippen molar-refractivity contribution >= 4 is 11.9 Å².